The third kappa shape index (κ3) is 5.31. The molecule has 0 aliphatic rings. The topological polar surface area (TPSA) is 59.0 Å². The molecule has 0 fully saturated rings. The normalized spacial score (nSPS) is 11.7. The van der Waals surface area contributed by atoms with Crippen molar-refractivity contribution in [2.24, 2.45) is 5.92 Å². The summed E-state index contributed by atoms with van der Waals surface area (Å²) in [6.45, 7) is 8.64. The number of amides is 1. The van der Waals surface area contributed by atoms with Gasteiger partial charge in [0.05, 0.1) is 11.0 Å². The molecule has 0 saturated carbocycles. The third-order valence-corrected chi connectivity index (χ3v) is 4.87. The Balaban J connectivity index is 0.00000225. The van der Waals surface area contributed by atoms with Gasteiger partial charge in [-0.25, -0.2) is 9.37 Å². The van der Waals surface area contributed by atoms with Crippen LogP contribution in [-0.2, 0) is 4.79 Å². The number of hydrogen-bond acceptors (Lipinski definition) is 3. The van der Waals surface area contributed by atoms with Gasteiger partial charge in [0.15, 0.2) is 0 Å². The van der Waals surface area contributed by atoms with Crippen molar-refractivity contribution >= 4 is 47.4 Å². The highest BCUT2D eigenvalue weighted by molar-refractivity contribution is 5.93. The molecule has 0 saturated heterocycles. The van der Waals surface area contributed by atoms with E-state index in [2.05, 4.69) is 34.0 Å². The lowest BCUT2D eigenvalue weighted by atomic mass is 10.1. The third-order valence-electron chi connectivity index (χ3n) is 4.87. The summed E-state index contributed by atoms with van der Waals surface area (Å²) in [6.07, 6.45) is 0. The van der Waals surface area contributed by atoms with Gasteiger partial charge in [0.2, 0.25) is 5.91 Å². The molecule has 0 aliphatic carbocycles. The Kier molecular flexibility index (Phi) is 9.28. The molecule has 0 bridgehead atoms. The molecule has 2 N–H and O–H groups in total. The number of fused-ring (bicyclic) bond motifs is 1. The average Bonchev–Trinajstić information content (AvgIpc) is 3.02. The first-order valence-corrected chi connectivity index (χ1v) is 9.55. The Bertz CT molecular complexity index is 1020. The number of anilines is 1. The SMILES string of the molecule is CNCC(C)C(=O)Nc1ccc(-c2nc3cc(F)ccc3n2C(C)C)cc1C.Cl.Cl. The van der Waals surface area contributed by atoms with E-state index in [0.29, 0.717) is 12.1 Å². The number of imidazole rings is 1. The smallest absolute Gasteiger partial charge is 0.228 e. The van der Waals surface area contributed by atoms with Crippen LogP contribution < -0.4 is 10.6 Å². The second kappa shape index (κ2) is 10.8. The van der Waals surface area contributed by atoms with Crippen LogP contribution in [0.1, 0.15) is 32.4 Å². The Morgan fingerprint density at radius 1 is 1.13 bits per heavy atom. The Labute approximate surface area is 189 Å². The lowest BCUT2D eigenvalue weighted by Crippen LogP contribution is -2.28. The monoisotopic (exact) mass is 454 g/mol. The summed E-state index contributed by atoms with van der Waals surface area (Å²) in [4.78, 5) is 17.0. The van der Waals surface area contributed by atoms with E-state index < -0.39 is 0 Å². The highest BCUT2D eigenvalue weighted by Crippen LogP contribution is 2.31. The van der Waals surface area contributed by atoms with Crippen molar-refractivity contribution in [2.45, 2.75) is 33.7 Å². The number of rotatable bonds is 6. The largest absolute Gasteiger partial charge is 0.326 e. The van der Waals surface area contributed by atoms with Crippen LogP contribution in [0.15, 0.2) is 36.4 Å². The van der Waals surface area contributed by atoms with E-state index >= 15 is 0 Å². The summed E-state index contributed by atoms with van der Waals surface area (Å²) in [5.41, 5.74) is 4.22. The molecule has 30 heavy (non-hydrogen) atoms. The van der Waals surface area contributed by atoms with Crippen molar-refractivity contribution in [1.82, 2.24) is 14.9 Å². The van der Waals surface area contributed by atoms with Gasteiger partial charge in [0, 0.05) is 35.8 Å². The highest BCUT2D eigenvalue weighted by Gasteiger charge is 2.17. The lowest BCUT2D eigenvalue weighted by Gasteiger charge is -2.16. The van der Waals surface area contributed by atoms with Gasteiger partial charge in [-0.3, -0.25) is 4.79 Å². The number of nitrogens with one attached hydrogen (secondary N) is 2. The molecule has 164 valence electrons. The summed E-state index contributed by atoms with van der Waals surface area (Å²) in [5.74, 6) is 0.358. The first kappa shape index (κ1) is 25.9. The van der Waals surface area contributed by atoms with E-state index in [1.54, 1.807) is 6.07 Å². The first-order chi connectivity index (χ1) is 13.3. The molecule has 5 nitrogen and oxygen atoms in total. The van der Waals surface area contributed by atoms with Crippen molar-refractivity contribution in [2.75, 3.05) is 18.9 Å². The molecule has 3 aromatic rings. The van der Waals surface area contributed by atoms with Crippen LogP contribution in [0.3, 0.4) is 0 Å². The molecular formula is C22H29Cl2FN4O. The van der Waals surface area contributed by atoms with Crippen molar-refractivity contribution in [3.63, 3.8) is 0 Å². The number of halogens is 3. The van der Waals surface area contributed by atoms with Gasteiger partial charge in [-0.15, -0.1) is 24.8 Å². The predicted molar refractivity (Wildman–Crippen MR) is 126 cm³/mol. The van der Waals surface area contributed by atoms with Crippen molar-refractivity contribution in [3.05, 3.63) is 47.8 Å². The van der Waals surface area contributed by atoms with Gasteiger partial charge < -0.3 is 15.2 Å². The summed E-state index contributed by atoms with van der Waals surface area (Å²) >= 11 is 0. The molecule has 1 atom stereocenters. The highest BCUT2D eigenvalue weighted by atomic mass is 35.5. The van der Waals surface area contributed by atoms with Crippen LogP contribution in [0.5, 0.6) is 0 Å². The number of aryl methyl sites for hydroxylation is 1. The fraction of sp³-hybridized carbons (Fsp3) is 0.364. The van der Waals surface area contributed by atoms with Crippen molar-refractivity contribution in [1.29, 1.82) is 0 Å². The molecule has 1 aromatic heterocycles. The molecular weight excluding hydrogens is 426 g/mol. The maximum atomic E-state index is 13.6. The molecule has 1 unspecified atom stereocenters. The summed E-state index contributed by atoms with van der Waals surface area (Å²) in [6, 6.07) is 10.7. The van der Waals surface area contributed by atoms with Gasteiger partial charge >= 0.3 is 0 Å². The predicted octanol–water partition coefficient (Wildman–Crippen LogP) is 5.37. The summed E-state index contributed by atoms with van der Waals surface area (Å²) < 4.78 is 15.8. The zero-order valence-corrected chi connectivity index (χ0v) is 19.5. The van der Waals surface area contributed by atoms with Crippen LogP contribution in [-0.4, -0.2) is 29.1 Å². The number of aromatic nitrogens is 2. The number of carbonyl (C=O) groups excluding carboxylic acids is 1. The Hall–Kier alpha value is -2.15. The number of benzene rings is 2. The fourth-order valence-corrected chi connectivity index (χ4v) is 3.40. The van der Waals surface area contributed by atoms with Crippen LogP contribution in [0.4, 0.5) is 10.1 Å². The van der Waals surface area contributed by atoms with Gasteiger partial charge in [-0.2, -0.15) is 0 Å². The van der Waals surface area contributed by atoms with E-state index in [-0.39, 0.29) is 48.5 Å². The van der Waals surface area contributed by atoms with Crippen LogP contribution >= 0.6 is 24.8 Å². The summed E-state index contributed by atoms with van der Waals surface area (Å²) in [7, 11) is 1.83. The number of hydrogen-bond donors (Lipinski definition) is 2. The quantitative estimate of drug-likeness (QED) is 0.526. The molecule has 8 heteroatoms. The van der Waals surface area contributed by atoms with Gasteiger partial charge in [-0.1, -0.05) is 6.92 Å². The Morgan fingerprint density at radius 3 is 2.43 bits per heavy atom. The van der Waals surface area contributed by atoms with Crippen LogP contribution in [0.25, 0.3) is 22.4 Å². The molecule has 0 aliphatic heterocycles. The lowest BCUT2D eigenvalue weighted by molar-refractivity contribution is -0.119. The average molecular weight is 455 g/mol. The second-order valence-corrected chi connectivity index (χ2v) is 7.51. The Morgan fingerprint density at radius 2 is 1.83 bits per heavy atom. The van der Waals surface area contributed by atoms with Gasteiger partial charge in [-0.05, 0) is 63.7 Å². The van der Waals surface area contributed by atoms with E-state index in [4.69, 9.17) is 0 Å². The summed E-state index contributed by atoms with van der Waals surface area (Å²) in [5, 5.41) is 6.00. The molecule has 0 spiro atoms. The zero-order valence-electron chi connectivity index (χ0n) is 17.8. The van der Waals surface area contributed by atoms with Gasteiger partial charge in [0.25, 0.3) is 0 Å². The standard InChI is InChI=1S/C22H27FN4O.2ClH/c1-13(2)27-20-9-7-17(23)11-19(20)25-21(27)16-6-8-18(14(3)10-16)26-22(28)15(4)12-24-5;;/h6-11,13,15,24H,12H2,1-5H3,(H,26,28);2*1H. The van der Waals surface area contributed by atoms with E-state index in [9.17, 15) is 9.18 Å². The fourth-order valence-electron chi connectivity index (χ4n) is 3.40. The van der Waals surface area contributed by atoms with Crippen molar-refractivity contribution < 1.29 is 9.18 Å². The van der Waals surface area contributed by atoms with Crippen LogP contribution in [0.2, 0.25) is 0 Å². The second-order valence-electron chi connectivity index (χ2n) is 7.51. The molecule has 1 amide bonds. The molecule has 3 rings (SSSR count). The maximum Gasteiger partial charge on any atom is 0.228 e. The van der Waals surface area contributed by atoms with Crippen molar-refractivity contribution in [3.8, 4) is 11.4 Å². The van der Waals surface area contributed by atoms with E-state index in [1.807, 2.05) is 39.1 Å². The maximum absolute atomic E-state index is 13.6. The first-order valence-electron chi connectivity index (χ1n) is 9.55. The van der Waals surface area contributed by atoms with Gasteiger partial charge in [0.1, 0.15) is 11.6 Å². The number of carbonyl (C=O) groups is 1. The molecule has 0 radical (unpaired) electrons. The van der Waals surface area contributed by atoms with E-state index in [0.717, 1.165) is 28.2 Å². The van der Waals surface area contributed by atoms with Crippen LogP contribution in [0, 0.1) is 18.7 Å². The molecule has 2 aromatic carbocycles. The minimum absolute atomic E-state index is 0. The van der Waals surface area contributed by atoms with E-state index in [1.165, 1.54) is 12.1 Å². The number of nitrogens with zero attached hydrogens (tertiary/aromatic N) is 2. The minimum Gasteiger partial charge on any atom is -0.326 e. The zero-order chi connectivity index (χ0) is 20.4. The minimum atomic E-state index is -0.294. The molecule has 1 heterocycles.